The average molecular weight is 396 g/mol. The van der Waals surface area contributed by atoms with E-state index in [1.54, 1.807) is 19.2 Å². The fourth-order valence-corrected chi connectivity index (χ4v) is 3.80. The Morgan fingerprint density at radius 2 is 1.77 bits per heavy atom. The second kappa shape index (κ2) is 9.03. The van der Waals surface area contributed by atoms with E-state index in [1.807, 2.05) is 0 Å². The number of likely N-dealkylation sites (N-methyl/N-ethyl adjacent to an activating group) is 1. The number of benzene rings is 1. The van der Waals surface area contributed by atoms with Gasteiger partial charge in [0.2, 0.25) is 10.0 Å². The Morgan fingerprint density at radius 1 is 1.15 bits per heavy atom. The Hall–Kier alpha value is -1.36. The van der Waals surface area contributed by atoms with Crippen LogP contribution in [0.5, 0.6) is 5.75 Å². The second-order valence-electron chi connectivity index (χ2n) is 6.00. The van der Waals surface area contributed by atoms with Crippen molar-refractivity contribution in [3.63, 3.8) is 0 Å². The molecule has 0 unspecified atom stereocenters. The van der Waals surface area contributed by atoms with Crippen LogP contribution in [0.15, 0.2) is 29.2 Å². The molecule has 0 N–H and O–H groups in total. The fourth-order valence-electron chi connectivity index (χ4n) is 2.39. The summed E-state index contributed by atoms with van der Waals surface area (Å²) in [5, 5.41) is 0. The van der Waals surface area contributed by atoms with Crippen LogP contribution in [0.4, 0.5) is 13.2 Å². The predicted octanol–water partition coefficient (Wildman–Crippen LogP) is 1.97. The zero-order valence-electron chi connectivity index (χ0n) is 14.5. The molecule has 6 nitrogen and oxygen atoms in total. The molecular weight excluding hydrogens is 373 g/mol. The highest BCUT2D eigenvalue weighted by Gasteiger charge is 2.27. The summed E-state index contributed by atoms with van der Waals surface area (Å²) in [4.78, 5) is 1.71. The van der Waals surface area contributed by atoms with Gasteiger partial charge in [-0.15, -0.1) is 0 Å². The Labute approximate surface area is 151 Å². The number of hydrogen-bond donors (Lipinski definition) is 0. The summed E-state index contributed by atoms with van der Waals surface area (Å²) in [6.45, 7) is 1.86. The van der Waals surface area contributed by atoms with Crippen molar-refractivity contribution in [3.8, 4) is 5.75 Å². The number of nitrogens with zero attached hydrogens (tertiary/aromatic N) is 2. The quantitative estimate of drug-likeness (QED) is 0.673. The van der Waals surface area contributed by atoms with Crippen LogP contribution in [0.1, 0.15) is 6.42 Å². The van der Waals surface area contributed by atoms with E-state index >= 15 is 0 Å². The first-order valence-corrected chi connectivity index (χ1v) is 9.68. The number of halogens is 3. The molecule has 0 saturated carbocycles. The largest absolute Gasteiger partial charge is 0.492 e. The zero-order valence-corrected chi connectivity index (χ0v) is 15.4. The van der Waals surface area contributed by atoms with Crippen LogP contribution >= 0.6 is 0 Å². The van der Waals surface area contributed by atoms with Gasteiger partial charge in [-0.1, -0.05) is 0 Å². The van der Waals surface area contributed by atoms with Crippen molar-refractivity contribution in [3.05, 3.63) is 24.3 Å². The van der Waals surface area contributed by atoms with Crippen molar-refractivity contribution in [2.45, 2.75) is 17.5 Å². The Bertz CT molecular complexity index is 659. The topological polar surface area (TPSA) is 59.1 Å². The number of morpholine rings is 1. The molecule has 0 spiro atoms. The van der Waals surface area contributed by atoms with E-state index in [-0.39, 0.29) is 18.0 Å². The lowest BCUT2D eigenvalue weighted by Gasteiger charge is -2.26. The smallest absolute Gasteiger partial charge is 0.390 e. The number of hydrogen-bond acceptors (Lipinski definition) is 5. The van der Waals surface area contributed by atoms with E-state index in [0.717, 1.165) is 0 Å². The second-order valence-corrected chi connectivity index (χ2v) is 7.94. The van der Waals surface area contributed by atoms with Gasteiger partial charge < -0.3 is 14.4 Å². The van der Waals surface area contributed by atoms with Gasteiger partial charge >= 0.3 is 6.18 Å². The van der Waals surface area contributed by atoms with Crippen LogP contribution in [-0.2, 0) is 14.8 Å². The van der Waals surface area contributed by atoms with Crippen molar-refractivity contribution in [2.24, 2.45) is 0 Å². The van der Waals surface area contributed by atoms with Crippen molar-refractivity contribution in [1.29, 1.82) is 0 Å². The molecule has 0 amide bonds. The molecule has 26 heavy (non-hydrogen) atoms. The van der Waals surface area contributed by atoms with Gasteiger partial charge in [0.05, 0.1) is 24.5 Å². The van der Waals surface area contributed by atoms with E-state index in [1.165, 1.54) is 21.3 Å². The molecule has 1 aliphatic rings. The molecule has 1 fully saturated rings. The minimum Gasteiger partial charge on any atom is -0.492 e. The fraction of sp³-hybridized carbons (Fsp3) is 0.625. The lowest BCUT2D eigenvalue weighted by Crippen LogP contribution is -2.40. The van der Waals surface area contributed by atoms with Gasteiger partial charge in [0.15, 0.2) is 0 Å². The molecule has 1 aromatic carbocycles. The van der Waals surface area contributed by atoms with E-state index in [4.69, 9.17) is 9.47 Å². The third kappa shape index (κ3) is 6.42. The summed E-state index contributed by atoms with van der Waals surface area (Å²) in [5.41, 5.74) is 0. The van der Waals surface area contributed by atoms with E-state index in [2.05, 4.69) is 0 Å². The summed E-state index contributed by atoms with van der Waals surface area (Å²) < 4.78 is 73.4. The molecule has 0 aliphatic carbocycles. The lowest BCUT2D eigenvalue weighted by molar-refractivity contribution is -0.137. The summed E-state index contributed by atoms with van der Waals surface area (Å²) in [6.07, 6.45) is -5.03. The van der Waals surface area contributed by atoms with Crippen molar-refractivity contribution in [2.75, 3.05) is 53.0 Å². The Kier molecular flexibility index (Phi) is 7.27. The first kappa shape index (κ1) is 20.9. The van der Waals surface area contributed by atoms with Crippen molar-refractivity contribution < 1.29 is 31.1 Å². The van der Waals surface area contributed by atoms with Gasteiger partial charge in [-0.2, -0.15) is 17.5 Å². The molecule has 1 aliphatic heterocycles. The van der Waals surface area contributed by atoms with Crippen molar-refractivity contribution >= 4 is 10.0 Å². The standard InChI is InChI=1S/C16H23F3N2O4S/c1-20(7-6-16(17,18)19)8-13-25-14-2-4-15(5-3-14)26(22,23)21-9-11-24-12-10-21/h2-5H,6-13H2,1H3. The first-order valence-electron chi connectivity index (χ1n) is 8.24. The minimum absolute atomic E-state index is 0.0937. The maximum Gasteiger partial charge on any atom is 0.390 e. The van der Waals surface area contributed by atoms with E-state index in [0.29, 0.717) is 38.6 Å². The highest BCUT2D eigenvalue weighted by Crippen LogP contribution is 2.21. The van der Waals surface area contributed by atoms with Crippen LogP contribution < -0.4 is 4.74 Å². The predicted molar refractivity (Wildman–Crippen MR) is 89.7 cm³/mol. The molecule has 1 heterocycles. The van der Waals surface area contributed by atoms with Crippen LogP contribution in [0.25, 0.3) is 0 Å². The molecule has 10 heteroatoms. The number of sulfonamides is 1. The van der Waals surface area contributed by atoms with Crippen molar-refractivity contribution in [1.82, 2.24) is 9.21 Å². The minimum atomic E-state index is -4.17. The van der Waals surface area contributed by atoms with Gasteiger partial charge in [-0.05, 0) is 31.3 Å². The maximum atomic E-state index is 12.5. The van der Waals surface area contributed by atoms with Crippen LogP contribution in [0.2, 0.25) is 0 Å². The van der Waals surface area contributed by atoms with E-state index < -0.39 is 22.6 Å². The third-order valence-corrected chi connectivity index (χ3v) is 5.86. The SMILES string of the molecule is CN(CCOc1ccc(S(=O)(=O)N2CCOCC2)cc1)CCC(F)(F)F. The van der Waals surface area contributed by atoms with Crippen LogP contribution in [-0.4, -0.2) is 76.8 Å². The molecule has 0 radical (unpaired) electrons. The zero-order chi connectivity index (χ0) is 19.2. The molecule has 148 valence electrons. The monoisotopic (exact) mass is 396 g/mol. The van der Waals surface area contributed by atoms with E-state index in [9.17, 15) is 21.6 Å². The third-order valence-electron chi connectivity index (χ3n) is 3.95. The molecular formula is C16H23F3N2O4S. The highest BCUT2D eigenvalue weighted by molar-refractivity contribution is 7.89. The number of rotatable bonds is 8. The van der Waals surface area contributed by atoms with Gasteiger partial charge in [-0.25, -0.2) is 8.42 Å². The van der Waals surface area contributed by atoms with Gasteiger partial charge in [-0.3, -0.25) is 0 Å². The van der Waals surface area contributed by atoms with Gasteiger partial charge in [0, 0.05) is 26.2 Å². The summed E-state index contributed by atoms with van der Waals surface area (Å²) >= 11 is 0. The molecule has 0 bridgehead atoms. The highest BCUT2D eigenvalue weighted by atomic mass is 32.2. The average Bonchev–Trinajstić information content (AvgIpc) is 2.61. The maximum absolute atomic E-state index is 12.5. The van der Waals surface area contributed by atoms with Crippen LogP contribution in [0.3, 0.4) is 0 Å². The molecule has 1 aromatic rings. The van der Waals surface area contributed by atoms with Gasteiger partial charge in [0.25, 0.3) is 0 Å². The number of ether oxygens (including phenoxy) is 2. The summed E-state index contributed by atoms with van der Waals surface area (Å²) in [5.74, 6) is 0.468. The molecule has 2 rings (SSSR count). The van der Waals surface area contributed by atoms with Gasteiger partial charge in [0.1, 0.15) is 12.4 Å². The Balaban J connectivity index is 1.82. The number of alkyl halides is 3. The lowest BCUT2D eigenvalue weighted by atomic mass is 10.3. The molecule has 0 atom stereocenters. The first-order chi connectivity index (χ1) is 12.2. The van der Waals surface area contributed by atoms with Crippen LogP contribution in [0, 0.1) is 0 Å². The normalized spacial score (nSPS) is 16.8. The summed E-state index contributed by atoms with van der Waals surface area (Å²) in [6, 6.07) is 6.02. The molecule has 0 aromatic heterocycles. The summed E-state index contributed by atoms with van der Waals surface area (Å²) in [7, 11) is -1.96. The Morgan fingerprint density at radius 3 is 2.35 bits per heavy atom. The molecule has 1 saturated heterocycles.